The van der Waals surface area contributed by atoms with Crippen molar-refractivity contribution in [3.8, 4) is 0 Å². The van der Waals surface area contributed by atoms with Crippen LogP contribution in [0.15, 0.2) is 49.1 Å². The lowest BCUT2D eigenvalue weighted by Crippen LogP contribution is -2.56. The van der Waals surface area contributed by atoms with Crippen LogP contribution in [-0.2, 0) is 19.1 Å². The van der Waals surface area contributed by atoms with Crippen LogP contribution in [0.2, 0.25) is 0 Å². The van der Waals surface area contributed by atoms with Crippen molar-refractivity contribution in [2.45, 2.75) is 75.7 Å². The summed E-state index contributed by atoms with van der Waals surface area (Å²) in [5, 5.41) is 6.15. The number of carbonyl (C=O) groups excluding carboxylic acids is 3. The van der Waals surface area contributed by atoms with E-state index in [1.807, 2.05) is 36.4 Å². The van der Waals surface area contributed by atoms with E-state index in [9.17, 15) is 14.4 Å². The van der Waals surface area contributed by atoms with Gasteiger partial charge in [-0.1, -0.05) is 63.5 Å². The first-order valence-corrected chi connectivity index (χ1v) is 12.9. The average molecular weight is 478 g/mol. The topological polar surface area (TPSA) is 87.7 Å². The smallest absolute Gasteiger partial charge is 0.246 e. The fourth-order valence-electron chi connectivity index (χ4n) is 6.31. The summed E-state index contributed by atoms with van der Waals surface area (Å²) in [6.07, 6.45) is 10.0. The second-order valence-corrected chi connectivity index (χ2v) is 10.6. The number of ether oxygens (including phenoxy) is 1. The molecule has 1 aromatic carbocycles. The van der Waals surface area contributed by atoms with Crippen molar-refractivity contribution in [1.29, 1.82) is 0 Å². The molecule has 1 aliphatic carbocycles. The second kappa shape index (κ2) is 9.26. The minimum atomic E-state index is -1.13. The molecule has 3 heterocycles. The second-order valence-electron chi connectivity index (χ2n) is 10.6. The van der Waals surface area contributed by atoms with Crippen LogP contribution in [0, 0.1) is 11.8 Å². The lowest BCUT2D eigenvalue weighted by molar-refractivity contribution is -0.140. The molecule has 7 nitrogen and oxygen atoms in total. The lowest BCUT2D eigenvalue weighted by Gasteiger charge is -2.33. The van der Waals surface area contributed by atoms with Crippen molar-refractivity contribution in [3.63, 3.8) is 0 Å². The molecule has 7 heteroatoms. The Morgan fingerprint density at radius 3 is 2.54 bits per heavy atom. The molecule has 1 spiro atoms. The number of carbonyl (C=O) groups is 3. The molecule has 1 aromatic rings. The Hall–Kier alpha value is -2.93. The molecular formula is C28H35N3O4. The van der Waals surface area contributed by atoms with E-state index >= 15 is 0 Å². The highest BCUT2D eigenvalue weighted by atomic mass is 16.5. The molecule has 2 saturated heterocycles. The molecule has 1 saturated carbocycles. The largest absolute Gasteiger partial charge is 0.359 e. The average Bonchev–Trinajstić information content (AvgIpc) is 3.48. The van der Waals surface area contributed by atoms with E-state index in [4.69, 9.17) is 4.74 Å². The summed E-state index contributed by atoms with van der Waals surface area (Å²) in [5.41, 5.74) is 0.735. The Labute approximate surface area is 207 Å². The summed E-state index contributed by atoms with van der Waals surface area (Å²) in [5.74, 6) is -1.73. The van der Waals surface area contributed by atoms with Gasteiger partial charge in [0.15, 0.2) is 0 Å². The van der Waals surface area contributed by atoms with Gasteiger partial charge in [-0.2, -0.15) is 0 Å². The first-order valence-electron chi connectivity index (χ1n) is 12.9. The van der Waals surface area contributed by atoms with E-state index in [1.54, 1.807) is 11.0 Å². The van der Waals surface area contributed by atoms with Gasteiger partial charge < -0.3 is 20.3 Å². The van der Waals surface area contributed by atoms with E-state index in [-0.39, 0.29) is 30.3 Å². The van der Waals surface area contributed by atoms with Crippen LogP contribution in [0.4, 0.5) is 5.69 Å². The standard InChI is InChI=1S/C28H35N3O4/c1-4-16-31-24(26(33)30-19-8-6-5-7-9-19)28-15-14-21(35-28)22(23(28)27(31)34)25(32)29-20-12-10-18(11-13-20)17(2)3/h4,10-15,17,19,21-24H,1,5-9,16H2,2-3H3,(H,29,32)(H,30,33)/t21-,22-,23-,24-,28-/m0/s1. The number of nitrogens with one attached hydrogen (secondary N) is 2. The van der Waals surface area contributed by atoms with Crippen LogP contribution in [0.5, 0.6) is 0 Å². The molecule has 0 aromatic heterocycles. The lowest BCUT2D eigenvalue weighted by atomic mass is 9.74. The quantitative estimate of drug-likeness (QED) is 0.588. The number of benzene rings is 1. The van der Waals surface area contributed by atoms with Crippen LogP contribution in [0.25, 0.3) is 0 Å². The fraction of sp³-hybridized carbons (Fsp3) is 0.536. The first-order chi connectivity index (χ1) is 16.9. The minimum absolute atomic E-state index is 0.114. The summed E-state index contributed by atoms with van der Waals surface area (Å²) in [6, 6.07) is 7.06. The predicted octanol–water partition coefficient (Wildman–Crippen LogP) is 3.53. The van der Waals surface area contributed by atoms with Crippen LogP contribution < -0.4 is 10.6 Å². The van der Waals surface area contributed by atoms with Gasteiger partial charge in [0.2, 0.25) is 17.7 Å². The first kappa shape index (κ1) is 23.8. The summed E-state index contributed by atoms with van der Waals surface area (Å²) in [4.78, 5) is 42.2. The molecule has 2 N–H and O–H groups in total. The van der Waals surface area contributed by atoms with Crippen molar-refractivity contribution < 1.29 is 19.1 Å². The zero-order valence-corrected chi connectivity index (χ0v) is 20.5. The highest BCUT2D eigenvalue weighted by Gasteiger charge is 2.72. The Morgan fingerprint density at radius 1 is 1.17 bits per heavy atom. The zero-order valence-electron chi connectivity index (χ0n) is 20.5. The minimum Gasteiger partial charge on any atom is -0.359 e. The van der Waals surface area contributed by atoms with Crippen molar-refractivity contribution in [2.24, 2.45) is 11.8 Å². The van der Waals surface area contributed by atoms with E-state index < -0.39 is 29.6 Å². The van der Waals surface area contributed by atoms with Gasteiger partial charge in [-0.05, 0) is 36.5 Å². The maximum atomic E-state index is 13.7. The summed E-state index contributed by atoms with van der Waals surface area (Å²) in [7, 11) is 0. The number of amides is 3. The molecular weight excluding hydrogens is 442 g/mol. The molecule has 3 fully saturated rings. The van der Waals surface area contributed by atoms with E-state index in [0.717, 1.165) is 25.7 Å². The molecule has 5 atom stereocenters. The van der Waals surface area contributed by atoms with Gasteiger partial charge in [0, 0.05) is 18.3 Å². The third-order valence-corrected chi connectivity index (χ3v) is 8.05. The number of likely N-dealkylation sites (tertiary alicyclic amines) is 1. The molecule has 0 radical (unpaired) electrons. The number of fused-ring (bicyclic) bond motifs is 1. The monoisotopic (exact) mass is 477 g/mol. The predicted molar refractivity (Wildman–Crippen MR) is 134 cm³/mol. The van der Waals surface area contributed by atoms with Crippen LogP contribution in [-0.4, -0.2) is 53.0 Å². The molecule has 5 rings (SSSR count). The number of anilines is 1. The molecule has 4 aliphatic rings. The van der Waals surface area contributed by atoms with Gasteiger partial charge in [-0.15, -0.1) is 6.58 Å². The molecule has 3 amide bonds. The maximum Gasteiger partial charge on any atom is 0.246 e. The van der Waals surface area contributed by atoms with Crippen molar-refractivity contribution in [3.05, 3.63) is 54.6 Å². The van der Waals surface area contributed by atoms with E-state index in [2.05, 4.69) is 31.1 Å². The normalized spacial score (nSPS) is 31.6. The zero-order chi connectivity index (χ0) is 24.7. The highest BCUT2D eigenvalue weighted by Crippen LogP contribution is 2.55. The van der Waals surface area contributed by atoms with Gasteiger partial charge >= 0.3 is 0 Å². The summed E-state index contributed by atoms with van der Waals surface area (Å²) >= 11 is 0. The highest BCUT2D eigenvalue weighted by molar-refractivity contribution is 6.02. The van der Waals surface area contributed by atoms with Gasteiger partial charge in [-0.3, -0.25) is 14.4 Å². The van der Waals surface area contributed by atoms with Crippen molar-refractivity contribution in [2.75, 3.05) is 11.9 Å². The van der Waals surface area contributed by atoms with Crippen LogP contribution in [0.1, 0.15) is 57.4 Å². The molecule has 3 aliphatic heterocycles. The molecule has 2 bridgehead atoms. The van der Waals surface area contributed by atoms with Gasteiger partial charge in [-0.25, -0.2) is 0 Å². The number of hydrogen-bond acceptors (Lipinski definition) is 4. The number of hydrogen-bond donors (Lipinski definition) is 2. The maximum absolute atomic E-state index is 13.7. The SMILES string of the molecule is C=CCN1C(=O)[C@@H]2[C@@H](C(=O)Nc3ccc(C(C)C)cc3)[C@@H]3C=C[C@@]2(O3)[C@@H]1C(=O)NC1CCCCC1. The van der Waals surface area contributed by atoms with Gasteiger partial charge in [0.05, 0.1) is 17.9 Å². The van der Waals surface area contributed by atoms with E-state index in [1.165, 1.54) is 12.0 Å². The fourth-order valence-corrected chi connectivity index (χ4v) is 6.31. The van der Waals surface area contributed by atoms with Gasteiger partial charge in [0.1, 0.15) is 11.6 Å². The van der Waals surface area contributed by atoms with Crippen molar-refractivity contribution >= 4 is 23.4 Å². The Morgan fingerprint density at radius 2 is 1.89 bits per heavy atom. The van der Waals surface area contributed by atoms with Gasteiger partial charge in [0.25, 0.3) is 0 Å². The van der Waals surface area contributed by atoms with Crippen molar-refractivity contribution in [1.82, 2.24) is 10.2 Å². The van der Waals surface area contributed by atoms with E-state index in [0.29, 0.717) is 11.6 Å². The Kier molecular flexibility index (Phi) is 6.30. The summed E-state index contributed by atoms with van der Waals surface area (Å²) in [6.45, 7) is 8.25. The Bertz CT molecular complexity index is 1040. The molecule has 35 heavy (non-hydrogen) atoms. The van der Waals surface area contributed by atoms with Crippen LogP contribution in [0.3, 0.4) is 0 Å². The summed E-state index contributed by atoms with van der Waals surface area (Å²) < 4.78 is 6.35. The molecule has 0 unspecified atom stereocenters. The number of rotatable bonds is 7. The van der Waals surface area contributed by atoms with Crippen LogP contribution >= 0.6 is 0 Å². The molecule has 186 valence electrons. The Balaban J connectivity index is 1.39. The third-order valence-electron chi connectivity index (χ3n) is 8.05. The third kappa shape index (κ3) is 3.99. The number of nitrogens with zero attached hydrogens (tertiary/aromatic N) is 1.